The lowest BCUT2D eigenvalue weighted by atomic mass is 10.3. The van der Waals surface area contributed by atoms with Crippen LogP contribution in [0.2, 0.25) is 0 Å². The van der Waals surface area contributed by atoms with Gasteiger partial charge in [-0.05, 0) is 6.92 Å². The second kappa shape index (κ2) is 5.77. The molecule has 0 aliphatic carbocycles. The van der Waals surface area contributed by atoms with Gasteiger partial charge in [0.15, 0.2) is 5.25 Å². The van der Waals surface area contributed by atoms with Crippen molar-refractivity contribution in [1.29, 1.82) is 0 Å². The smallest absolute Gasteiger partial charge is 0.327 e. The molecular weight excluding hydrogens is 242 g/mol. The van der Waals surface area contributed by atoms with Crippen molar-refractivity contribution >= 4 is 22.1 Å². The van der Waals surface area contributed by atoms with Crippen LogP contribution in [-0.4, -0.2) is 47.9 Å². The summed E-state index contributed by atoms with van der Waals surface area (Å²) in [6.45, 7) is 1.36. The number of hydrogen-bond donors (Lipinski definition) is 3. The van der Waals surface area contributed by atoms with Crippen LogP contribution in [0.5, 0.6) is 0 Å². The molecule has 0 aromatic heterocycles. The molecule has 0 aromatic rings. The Morgan fingerprint density at radius 3 is 2.25 bits per heavy atom. The van der Waals surface area contributed by atoms with Gasteiger partial charge in [-0.2, -0.15) is 8.42 Å². The molecule has 0 saturated heterocycles. The van der Waals surface area contributed by atoms with Gasteiger partial charge in [0.1, 0.15) is 6.10 Å². The lowest BCUT2D eigenvalue weighted by Gasteiger charge is -2.15. The van der Waals surface area contributed by atoms with E-state index in [9.17, 15) is 18.0 Å². The van der Waals surface area contributed by atoms with Crippen molar-refractivity contribution in [3.05, 3.63) is 0 Å². The van der Waals surface area contributed by atoms with E-state index in [1.807, 2.05) is 0 Å². The van der Waals surface area contributed by atoms with Gasteiger partial charge in [-0.3, -0.25) is 14.1 Å². The molecule has 0 bridgehead atoms. The zero-order valence-electron chi connectivity index (χ0n) is 8.49. The number of hydrogen-bond acceptors (Lipinski definition) is 6. The zero-order valence-corrected chi connectivity index (χ0v) is 9.31. The summed E-state index contributed by atoms with van der Waals surface area (Å²) in [7, 11) is -4.81. The molecule has 2 unspecified atom stereocenters. The van der Waals surface area contributed by atoms with Crippen LogP contribution in [0.4, 0.5) is 0 Å². The number of aliphatic carboxylic acids is 1. The number of carboxylic acid groups (broad SMARTS) is 1. The first-order valence-corrected chi connectivity index (χ1v) is 5.77. The Morgan fingerprint density at radius 2 is 1.94 bits per heavy atom. The second-order valence-electron chi connectivity index (χ2n) is 3.08. The van der Waals surface area contributed by atoms with Crippen molar-refractivity contribution in [3.8, 4) is 0 Å². The van der Waals surface area contributed by atoms with Crippen molar-refractivity contribution in [2.24, 2.45) is 5.73 Å². The molecule has 0 heterocycles. The van der Waals surface area contributed by atoms with Gasteiger partial charge in [-0.1, -0.05) is 0 Å². The maximum atomic E-state index is 11.2. The summed E-state index contributed by atoms with van der Waals surface area (Å²) in [6.07, 6.45) is -1.82. The highest BCUT2D eigenvalue weighted by Gasteiger charge is 2.35. The lowest BCUT2D eigenvalue weighted by Crippen LogP contribution is -2.37. The number of ether oxygens (including phenoxy) is 1. The first-order chi connectivity index (χ1) is 7.18. The number of esters is 1. The van der Waals surface area contributed by atoms with E-state index in [2.05, 4.69) is 4.74 Å². The van der Waals surface area contributed by atoms with Crippen LogP contribution >= 0.6 is 0 Å². The third kappa shape index (κ3) is 5.05. The maximum absolute atomic E-state index is 11.2. The van der Waals surface area contributed by atoms with E-state index in [1.165, 1.54) is 6.92 Å². The van der Waals surface area contributed by atoms with Crippen LogP contribution in [0.15, 0.2) is 0 Å². The maximum Gasteiger partial charge on any atom is 0.327 e. The van der Waals surface area contributed by atoms with Gasteiger partial charge >= 0.3 is 11.9 Å². The average Bonchev–Trinajstić information content (AvgIpc) is 2.11. The molecule has 0 saturated carbocycles. The molecule has 4 N–H and O–H groups in total. The van der Waals surface area contributed by atoms with Gasteiger partial charge in [0.05, 0.1) is 6.42 Å². The zero-order chi connectivity index (χ0) is 12.9. The van der Waals surface area contributed by atoms with Crippen molar-refractivity contribution in [3.63, 3.8) is 0 Å². The second-order valence-corrected chi connectivity index (χ2v) is 4.68. The van der Waals surface area contributed by atoms with Crippen LogP contribution < -0.4 is 5.73 Å². The van der Waals surface area contributed by atoms with Crippen molar-refractivity contribution in [2.45, 2.75) is 24.7 Å². The topological polar surface area (TPSA) is 144 Å². The van der Waals surface area contributed by atoms with Gasteiger partial charge in [0.25, 0.3) is 10.1 Å². The molecule has 94 valence electrons. The molecule has 9 heteroatoms. The summed E-state index contributed by atoms with van der Waals surface area (Å²) in [5.74, 6) is -2.87. The van der Waals surface area contributed by atoms with Gasteiger partial charge in [-0.15, -0.1) is 0 Å². The van der Waals surface area contributed by atoms with E-state index < -0.39 is 39.8 Å². The van der Waals surface area contributed by atoms with E-state index >= 15 is 0 Å². The third-order valence-corrected chi connectivity index (χ3v) is 2.71. The van der Waals surface area contributed by atoms with Gasteiger partial charge in [-0.25, -0.2) is 0 Å². The van der Waals surface area contributed by atoms with Crippen LogP contribution in [-0.2, 0) is 24.4 Å². The minimum Gasteiger partial charge on any atom is -0.481 e. The SMILES string of the molecule is CC(CN)OC(=O)C(CC(=O)O)S(=O)(=O)O. The monoisotopic (exact) mass is 255 g/mol. The summed E-state index contributed by atoms with van der Waals surface area (Å²) in [4.78, 5) is 21.5. The van der Waals surface area contributed by atoms with Gasteiger partial charge < -0.3 is 15.6 Å². The molecule has 0 rings (SSSR count). The molecule has 16 heavy (non-hydrogen) atoms. The number of nitrogens with two attached hydrogens (primary N) is 1. The van der Waals surface area contributed by atoms with Crippen molar-refractivity contribution in [2.75, 3.05) is 6.54 Å². The molecule has 0 radical (unpaired) electrons. The Bertz CT molecular complexity index is 363. The van der Waals surface area contributed by atoms with E-state index in [4.69, 9.17) is 15.4 Å². The first kappa shape index (κ1) is 14.8. The Kier molecular flexibility index (Phi) is 5.35. The molecule has 0 spiro atoms. The molecule has 0 amide bonds. The summed E-state index contributed by atoms with van der Waals surface area (Å²) < 4.78 is 34.7. The highest BCUT2D eigenvalue weighted by atomic mass is 32.2. The Hall–Kier alpha value is -1.19. The standard InChI is InChI=1S/C7H13NO7S/c1-4(3-8)15-7(11)5(2-6(9)10)16(12,13)14/h4-5H,2-3,8H2,1H3,(H,9,10)(H,12,13,14). The predicted molar refractivity (Wildman–Crippen MR) is 52.2 cm³/mol. The number of rotatable bonds is 6. The molecule has 0 aliphatic heterocycles. The first-order valence-electron chi connectivity index (χ1n) is 4.27. The van der Waals surface area contributed by atoms with E-state index in [1.54, 1.807) is 0 Å². The van der Waals surface area contributed by atoms with Gasteiger partial charge in [0.2, 0.25) is 0 Å². The largest absolute Gasteiger partial charge is 0.481 e. The average molecular weight is 255 g/mol. The Morgan fingerprint density at radius 1 is 1.44 bits per heavy atom. The van der Waals surface area contributed by atoms with E-state index in [0.717, 1.165) is 0 Å². The summed E-state index contributed by atoms with van der Waals surface area (Å²) >= 11 is 0. The van der Waals surface area contributed by atoms with Crippen molar-refractivity contribution in [1.82, 2.24) is 0 Å². The highest BCUT2D eigenvalue weighted by Crippen LogP contribution is 2.08. The molecule has 2 atom stereocenters. The fourth-order valence-corrected chi connectivity index (χ4v) is 1.44. The molecule has 0 aliphatic rings. The Balaban J connectivity index is 4.78. The van der Waals surface area contributed by atoms with E-state index in [-0.39, 0.29) is 6.54 Å². The number of carbonyl (C=O) groups is 2. The minimum atomic E-state index is -4.81. The normalized spacial score (nSPS) is 15.2. The van der Waals surface area contributed by atoms with Crippen molar-refractivity contribution < 1.29 is 32.4 Å². The van der Waals surface area contributed by atoms with Crippen LogP contribution in [0.3, 0.4) is 0 Å². The Labute approximate surface area is 92.1 Å². The fourth-order valence-electron chi connectivity index (χ4n) is 0.791. The number of carbonyl (C=O) groups excluding carboxylic acids is 1. The van der Waals surface area contributed by atoms with Crippen LogP contribution in [0.1, 0.15) is 13.3 Å². The molecular formula is C7H13NO7S. The minimum absolute atomic E-state index is 0.0446. The molecule has 0 aromatic carbocycles. The molecule has 8 nitrogen and oxygen atoms in total. The highest BCUT2D eigenvalue weighted by molar-refractivity contribution is 7.87. The summed E-state index contributed by atoms with van der Waals surface area (Å²) in [5, 5.41) is 6.25. The lowest BCUT2D eigenvalue weighted by molar-refractivity contribution is -0.150. The van der Waals surface area contributed by atoms with Crippen LogP contribution in [0.25, 0.3) is 0 Å². The number of carboxylic acids is 1. The third-order valence-electron chi connectivity index (χ3n) is 1.63. The van der Waals surface area contributed by atoms with E-state index in [0.29, 0.717) is 0 Å². The quantitative estimate of drug-likeness (QED) is 0.388. The fraction of sp³-hybridized carbons (Fsp3) is 0.714. The summed E-state index contributed by atoms with van der Waals surface area (Å²) in [5.41, 5.74) is 5.13. The summed E-state index contributed by atoms with van der Waals surface area (Å²) in [6, 6.07) is 0. The van der Waals surface area contributed by atoms with Crippen LogP contribution in [0, 0.1) is 0 Å². The molecule has 0 fully saturated rings. The predicted octanol–water partition coefficient (Wildman–Crippen LogP) is -1.39. The van der Waals surface area contributed by atoms with Gasteiger partial charge in [0, 0.05) is 6.54 Å².